The number of rotatable bonds is 4. The monoisotopic (exact) mass is 233 g/mol. The third-order valence-corrected chi connectivity index (χ3v) is 2.31. The highest BCUT2D eigenvalue weighted by Crippen LogP contribution is 2.18. The predicted octanol–water partition coefficient (Wildman–Crippen LogP) is 1.72. The second-order valence-electron chi connectivity index (χ2n) is 3.82. The fraction of sp³-hybridized carbons (Fsp3) is 0.333. The smallest absolute Gasteiger partial charge is 0.174 e. The summed E-state index contributed by atoms with van der Waals surface area (Å²) in [5, 5.41) is 3.79. The maximum atomic E-state index is 5.61. The third kappa shape index (κ3) is 2.82. The molecule has 2 N–H and O–H groups in total. The van der Waals surface area contributed by atoms with Crippen LogP contribution in [0.15, 0.2) is 22.7 Å². The number of nitrogens with zero attached hydrogens (tertiary/aromatic N) is 2. The van der Waals surface area contributed by atoms with Crippen LogP contribution in [0.3, 0.4) is 0 Å². The molecule has 0 fully saturated rings. The zero-order valence-electron chi connectivity index (χ0n) is 9.93. The molecule has 5 heteroatoms. The molecule has 0 aliphatic rings. The van der Waals surface area contributed by atoms with Crippen LogP contribution in [0.2, 0.25) is 0 Å². The minimum Gasteiger partial charge on any atom is -0.484 e. The van der Waals surface area contributed by atoms with E-state index in [0.717, 1.165) is 17.1 Å². The first-order valence-electron chi connectivity index (χ1n) is 5.40. The van der Waals surface area contributed by atoms with Gasteiger partial charge < -0.3 is 15.0 Å². The molecule has 90 valence electrons. The van der Waals surface area contributed by atoms with E-state index >= 15 is 0 Å². The maximum Gasteiger partial charge on any atom is 0.174 e. The Kier molecular flexibility index (Phi) is 3.39. The van der Waals surface area contributed by atoms with Crippen LogP contribution in [0.4, 0.5) is 0 Å². The molecular weight excluding hydrogens is 218 g/mol. The molecule has 0 aliphatic heterocycles. The van der Waals surface area contributed by atoms with Crippen LogP contribution < -0.4 is 10.5 Å². The van der Waals surface area contributed by atoms with Crippen LogP contribution in [-0.2, 0) is 13.2 Å². The summed E-state index contributed by atoms with van der Waals surface area (Å²) in [5.74, 6) is 1.37. The van der Waals surface area contributed by atoms with E-state index in [1.807, 2.05) is 32.0 Å². The van der Waals surface area contributed by atoms with Gasteiger partial charge in [-0.3, -0.25) is 4.98 Å². The lowest BCUT2D eigenvalue weighted by Gasteiger charge is -2.08. The van der Waals surface area contributed by atoms with Gasteiger partial charge in [0.1, 0.15) is 12.4 Å². The molecule has 0 amide bonds. The highest BCUT2D eigenvalue weighted by Gasteiger charge is 2.06. The van der Waals surface area contributed by atoms with Crippen molar-refractivity contribution in [2.24, 2.45) is 5.73 Å². The number of hydrogen-bond donors (Lipinski definition) is 1. The van der Waals surface area contributed by atoms with Gasteiger partial charge in [0.2, 0.25) is 0 Å². The molecule has 0 unspecified atom stereocenters. The van der Waals surface area contributed by atoms with Gasteiger partial charge in [0.15, 0.2) is 5.76 Å². The van der Waals surface area contributed by atoms with E-state index in [1.54, 1.807) is 0 Å². The van der Waals surface area contributed by atoms with Crippen LogP contribution >= 0.6 is 0 Å². The predicted molar refractivity (Wildman–Crippen MR) is 62.4 cm³/mol. The van der Waals surface area contributed by atoms with Crippen molar-refractivity contribution in [2.75, 3.05) is 0 Å². The largest absolute Gasteiger partial charge is 0.484 e. The zero-order valence-corrected chi connectivity index (χ0v) is 9.93. The third-order valence-electron chi connectivity index (χ3n) is 2.31. The standard InChI is InChI=1S/C12H15N3O2/c1-8-3-4-12(11(6-13)14-8)16-7-10-5-9(2)15-17-10/h3-5H,6-7,13H2,1-2H3. The summed E-state index contributed by atoms with van der Waals surface area (Å²) in [6.07, 6.45) is 0. The second kappa shape index (κ2) is 4.97. The summed E-state index contributed by atoms with van der Waals surface area (Å²) in [6.45, 7) is 4.47. The summed E-state index contributed by atoms with van der Waals surface area (Å²) in [5.41, 5.74) is 8.13. The molecule has 17 heavy (non-hydrogen) atoms. The molecule has 0 saturated heterocycles. The SMILES string of the molecule is Cc1cc(COc2ccc(C)nc2CN)on1. The van der Waals surface area contributed by atoms with Gasteiger partial charge in [0.05, 0.1) is 11.4 Å². The van der Waals surface area contributed by atoms with E-state index < -0.39 is 0 Å². The molecular formula is C12H15N3O2. The van der Waals surface area contributed by atoms with Crippen molar-refractivity contribution >= 4 is 0 Å². The van der Waals surface area contributed by atoms with Crippen molar-refractivity contribution in [3.05, 3.63) is 41.0 Å². The van der Waals surface area contributed by atoms with Gasteiger partial charge in [-0.2, -0.15) is 0 Å². The van der Waals surface area contributed by atoms with E-state index in [0.29, 0.717) is 24.7 Å². The first kappa shape index (κ1) is 11.6. The van der Waals surface area contributed by atoms with Gasteiger partial charge in [-0.05, 0) is 26.0 Å². The maximum absolute atomic E-state index is 5.61. The summed E-state index contributed by atoms with van der Waals surface area (Å²) >= 11 is 0. The number of aryl methyl sites for hydroxylation is 2. The Bertz CT molecular complexity index is 508. The normalized spacial score (nSPS) is 10.5. The van der Waals surface area contributed by atoms with Crippen molar-refractivity contribution < 1.29 is 9.26 Å². The molecule has 0 bridgehead atoms. The molecule has 0 radical (unpaired) electrons. The van der Waals surface area contributed by atoms with Crippen LogP contribution in [0.5, 0.6) is 5.75 Å². The minimum atomic E-state index is 0.332. The van der Waals surface area contributed by atoms with Crippen molar-refractivity contribution in [3.8, 4) is 5.75 Å². The molecule has 2 aromatic rings. The number of ether oxygens (including phenoxy) is 1. The molecule has 0 spiro atoms. The Morgan fingerprint density at radius 3 is 2.76 bits per heavy atom. The van der Waals surface area contributed by atoms with Gasteiger partial charge in [0, 0.05) is 18.3 Å². The van der Waals surface area contributed by atoms with Crippen molar-refractivity contribution in [3.63, 3.8) is 0 Å². The fourth-order valence-corrected chi connectivity index (χ4v) is 1.51. The molecule has 0 aromatic carbocycles. The number of pyridine rings is 1. The summed E-state index contributed by atoms with van der Waals surface area (Å²) in [4.78, 5) is 4.31. The van der Waals surface area contributed by atoms with Gasteiger partial charge in [-0.1, -0.05) is 5.16 Å². The Labute approximate surface area is 99.6 Å². The lowest BCUT2D eigenvalue weighted by Crippen LogP contribution is -2.05. The summed E-state index contributed by atoms with van der Waals surface area (Å²) in [7, 11) is 0. The van der Waals surface area contributed by atoms with Crippen LogP contribution in [0, 0.1) is 13.8 Å². The Balaban J connectivity index is 2.08. The summed E-state index contributed by atoms with van der Waals surface area (Å²) < 4.78 is 10.7. The summed E-state index contributed by atoms with van der Waals surface area (Å²) in [6, 6.07) is 5.59. The topological polar surface area (TPSA) is 74.2 Å². The van der Waals surface area contributed by atoms with Crippen molar-refractivity contribution in [1.82, 2.24) is 10.1 Å². The first-order valence-corrected chi connectivity index (χ1v) is 5.40. The first-order chi connectivity index (χ1) is 8.19. The van der Waals surface area contributed by atoms with Gasteiger partial charge in [0.25, 0.3) is 0 Å². The molecule has 0 atom stereocenters. The van der Waals surface area contributed by atoms with Crippen LogP contribution in [0.1, 0.15) is 22.8 Å². The quantitative estimate of drug-likeness (QED) is 0.870. The number of aromatic nitrogens is 2. The van der Waals surface area contributed by atoms with Crippen LogP contribution in [0.25, 0.3) is 0 Å². The molecule has 2 aromatic heterocycles. The van der Waals surface area contributed by atoms with Crippen LogP contribution in [-0.4, -0.2) is 10.1 Å². The second-order valence-corrected chi connectivity index (χ2v) is 3.82. The van der Waals surface area contributed by atoms with E-state index in [1.165, 1.54) is 0 Å². The highest BCUT2D eigenvalue weighted by atomic mass is 16.5. The van der Waals surface area contributed by atoms with Gasteiger partial charge in [-0.15, -0.1) is 0 Å². The lowest BCUT2D eigenvalue weighted by atomic mass is 10.3. The van der Waals surface area contributed by atoms with E-state index in [4.69, 9.17) is 15.0 Å². The van der Waals surface area contributed by atoms with Crippen molar-refractivity contribution in [2.45, 2.75) is 27.0 Å². The average molecular weight is 233 g/mol. The van der Waals surface area contributed by atoms with E-state index in [-0.39, 0.29) is 0 Å². The molecule has 2 rings (SSSR count). The molecule has 2 heterocycles. The fourth-order valence-electron chi connectivity index (χ4n) is 1.51. The zero-order chi connectivity index (χ0) is 12.3. The highest BCUT2D eigenvalue weighted by molar-refractivity contribution is 5.29. The Morgan fingerprint density at radius 1 is 1.29 bits per heavy atom. The van der Waals surface area contributed by atoms with Crippen molar-refractivity contribution in [1.29, 1.82) is 0 Å². The molecule has 0 saturated carbocycles. The number of hydrogen-bond acceptors (Lipinski definition) is 5. The van der Waals surface area contributed by atoms with Gasteiger partial charge in [-0.25, -0.2) is 0 Å². The minimum absolute atomic E-state index is 0.332. The lowest BCUT2D eigenvalue weighted by molar-refractivity contribution is 0.246. The molecule has 0 aliphatic carbocycles. The molecule has 5 nitrogen and oxygen atoms in total. The average Bonchev–Trinajstić information content (AvgIpc) is 2.73. The Hall–Kier alpha value is -1.88. The Morgan fingerprint density at radius 2 is 2.12 bits per heavy atom. The van der Waals surface area contributed by atoms with E-state index in [9.17, 15) is 0 Å². The van der Waals surface area contributed by atoms with E-state index in [2.05, 4.69) is 10.1 Å². The van der Waals surface area contributed by atoms with Gasteiger partial charge >= 0.3 is 0 Å². The number of nitrogens with two attached hydrogens (primary N) is 1.